The molecule has 0 aliphatic carbocycles. The number of aryl methyl sites for hydroxylation is 2. The Kier molecular flexibility index (Phi) is 3.49. The molecule has 0 saturated carbocycles. The van der Waals surface area contributed by atoms with Crippen LogP contribution in [0.15, 0.2) is 18.2 Å². The van der Waals surface area contributed by atoms with Crippen molar-refractivity contribution in [3.05, 3.63) is 34.9 Å². The van der Waals surface area contributed by atoms with Gasteiger partial charge < -0.3 is 5.11 Å². The Morgan fingerprint density at radius 3 is 2.62 bits per heavy atom. The van der Waals surface area contributed by atoms with Crippen LogP contribution in [0.4, 0.5) is 0 Å². The Morgan fingerprint density at radius 2 is 2.08 bits per heavy atom. The maximum absolute atomic E-state index is 9.10. The van der Waals surface area contributed by atoms with Crippen LogP contribution in [0.3, 0.4) is 0 Å². The third-order valence-electron chi connectivity index (χ3n) is 2.49. The van der Waals surface area contributed by atoms with E-state index in [2.05, 4.69) is 39.0 Å². The minimum absolute atomic E-state index is 0.233. The van der Waals surface area contributed by atoms with Gasteiger partial charge in [-0.15, -0.1) is 0 Å². The van der Waals surface area contributed by atoms with E-state index in [1.807, 2.05) is 0 Å². The van der Waals surface area contributed by atoms with Crippen LogP contribution in [-0.2, 0) is 6.42 Å². The van der Waals surface area contributed by atoms with Crippen LogP contribution in [0, 0.1) is 6.92 Å². The molecule has 1 aromatic carbocycles. The van der Waals surface area contributed by atoms with Crippen molar-refractivity contribution in [2.45, 2.75) is 33.1 Å². The Morgan fingerprint density at radius 1 is 1.38 bits per heavy atom. The summed E-state index contributed by atoms with van der Waals surface area (Å²) in [4.78, 5) is 0. The fourth-order valence-corrected chi connectivity index (χ4v) is 1.59. The lowest BCUT2D eigenvalue weighted by molar-refractivity contribution is 0.272. The SMILES string of the molecule is CCc1ccc(C)cc1C(C)CO. The second-order valence-corrected chi connectivity index (χ2v) is 3.64. The summed E-state index contributed by atoms with van der Waals surface area (Å²) in [6, 6.07) is 6.48. The van der Waals surface area contributed by atoms with Crippen LogP contribution in [-0.4, -0.2) is 11.7 Å². The smallest absolute Gasteiger partial charge is 0.0497 e. The zero-order valence-electron chi connectivity index (χ0n) is 8.67. The summed E-state index contributed by atoms with van der Waals surface area (Å²) < 4.78 is 0. The predicted molar refractivity (Wildman–Crippen MR) is 56.1 cm³/mol. The monoisotopic (exact) mass is 178 g/mol. The van der Waals surface area contributed by atoms with Crippen molar-refractivity contribution in [1.82, 2.24) is 0 Å². The van der Waals surface area contributed by atoms with Crippen molar-refractivity contribution in [3.8, 4) is 0 Å². The normalized spacial score (nSPS) is 12.9. The zero-order valence-corrected chi connectivity index (χ0v) is 8.67. The molecule has 0 aliphatic heterocycles. The molecular formula is C12H18O. The highest BCUT2D eigenvalue weighted by atomic mass is 16.3. The van der Waals surface area contributed by atoms with Crippen LogP contribution in [0.5, 0.6) is 0 Å². The molecule has 0 radical (unpaired) electrons. The van der Waals surface area contributed by atoms with E-state index in [9.17, 15) is 0 Å². The van der Waals surface area contributed by atoms with Gasteiger partial charge in [0.25, 0.3) is 0 Å². The van der Waals surface area contributed by atoms with Gasteiger partial charge in [-0.25, -0.2) is 0 Å². The highest BCUT2D eigenvalue weighted by Crippen LogP contribution is 2.21. The molecule has 1 rings (SSSR count). The second kappa shape index (κ2) is 4.43. The molecule has 1 nitrogen and oxygen atoms in total. The maximum atomic E-state index is 9.10. The molecule has 1 aromatic rings. The largest absolute Gasteiger partial charge is 0.396 e. The van der Waals surface area contributed by atoms with Crippen molar-refractivity contribution in [3.63, 3.8) is 0 Å². The Bertz CT molecular complexity index is 278. The molecule has 0 amide bonds. The first-order chi connectivity index (χ1) is 6.19. The van der Waals surface area contributed by atoms with Gasteiger partial charge in [0, 0.05) is 12.5 Å². The molecule has 0 heterocycles. The summed E-state index contributed by atoms with van der Waals surface area (Å²) in [5.74, 6) is 0.259. The minimum Gasteiger partial charge on any atom is -0.396 e. The van der Waals surface area contributed by atoms with Crippen LogP contribution in [0.1, 0.15) is 36.5 Å². The highest BCUT2D eigenvalue weighted by Gasteiger charge is 2.08. The molecule has 1 heteroatoms. The van der Waals surface area contributed by atoms with Gasteiger partial charge in [-0.05, 0) is 24.5 Å². The molecule has 1 N–H and O–H groups in total. The Hall–Kier alpha value is -0.820. The van der Waals surface area contributed by atoms with Crippen LogP contribution < -0.4 is 0 Å². The van der Waals surface area contributed by atoms with E-state index < -0.39 is 0 Å². The van der Waals surface area contributed by atoms with Gasteiger partial charge in [-0.2, -0.15) is 0 Å². The van der Waals surface area contributed by atoms with Gasteiger partial charge in [0.05, 0.1) is 0 Å². The van der Waals surface area contributed by atoms with Crippen LogP contribution in [0.2, 0.25) is 0 Å². The van der Waals surface area contributed by atoms with E-state index in [1.165, 1.54) is 16.7 Å². The van der Waals surface area contributed by atoms with E-state index in [-0.39, 0.29) is 12.5 Å². The standard InChI is InChI=1S/C12H18O/c1-4-11-6-5-9(2)7-12(11)10(3)8-13/h5-7,10,13H,4,8H2,1-3H3. The van der Waals surface area contributed by atoms with Gasteiger partial charge >= 0.3 is 0 Å². The molecule has 0 fully saturated rings. The third kappa shape index (κ3) is 2.31. The lowest BCUT2D eigenvalue weighted by Gasteiger charge is -2.14. The van der Waals surface area contributed by atoms with Crippen LogP contribution in [0.25, 0.3) is 0 Å². The average Bonchev–Trinajstić information content (AvgIpc) is 2.16. The molecule has 0 bridgehead atoms. The third-order valence-corrected chi connectivity index (χ3v) is 2.49. The fraction of sp³-hybridized carbons (Fsp3) is 0.500. The van der Waals surface area contributed by atoms with Gasteiger partial charge in [0.2, 0.25) is 0 Å². The van der Waals surface area contributed by atoms with E-state index >= 15 is 0 Å². The van der Waals surface area contributed by atoms with Gasteiger partial charge in [0.15, 0.2) is 0 Å². The zero-order chi connectivity index (χ0) is 9.84. The van der Waals surface area contributed by atoms with Crippen molar-refractivity contribution >= 4 is 0 Å². The van der Waals surface area contributed by atoms with Gasteiger partial charge in [-0.3, -0.25) is 0 Å². The average molecular weight is 178 g/mol. The molecule has 72 valence electrons. The topological polar surface area (TPSA) is 20.2 Å². The highest BCUT2D eigenvalue weighted by molar-refractivity contribution is 5.34. The lowest BCUT2D eigenvalue weighted by Crippen LogP contribution is -2.03. The molecule has 0 aliphatic rings. The number of rotatable bonds is 3. The van der Waals surface area contributed by atoms with Crippen molar-refractivity contribution in [2.24, 2.45) is 0 Å². The molecule has 0 spiro atoms. The van der Waals surface area contributed by atoms with E-state index in [1.54, 1.807) is 0 Å². The van der Waals surface area contributed by atoms with E-state index in [0.29, 0.717) is 0 Å². The molecule has 0 aromatic heterocycles. The second-order valence-electron chi connectivity index (χ2n) is 3.64. The number of benzene rings is 1. The number of hydrogen-bond donors (Lipinski definition) is 1. The molecule has 1 atom stereocenters. The minimum atomic E-state index is 0.233. The molecule has 1 unspecified atom stereocenters. The van der Waals surface area contributed by atoms with E-state index in [4.69, 9.17) is 5.11 Å². The lowest BCUT2D eigenvalue weighted by atomic mass is 9.93. The van der Waals surface area contributed by atoms with Crippen molar-refractivity contribution in [2.75, 3.05) is 6.61 Å². The summed E-state index contributed by atoms with van der Waals surface area (Å²) in [6.07, 6.45) is 1.04. The summed E-state index contributed by atoms with van der Waals surface area (Å²) in [5.41, 5.74) is 3.92. The predicted octanol–water partition coefficient (Wildman–Crippen LogP) is 2.65. The molecule has 13 heavy (non-hydrogen) atoms. The van der Waals surface area contributed by atoms with E-state index in [0.717, 1.165) is 6.42 Å². The van der Waals surface area contributed by atoms with Crippen molar-refractivity contribution < 1.29 is 5.11 Å². The van der Waals surface area contributed by atoms with Crippen molar-refractivity contribution in [1.29, 1.82) is 0 Å². The first-order valence-corrected chi connectivity index (χ1v) is 4.89. The summed E-state index contributed by atoms with van der Waals surface area (Å²) in [6.45, 7) is 6.54. The number of aliphatic hydroxyl groups excluding tert-OH is 1. The summed E-state index contributed by atoms with van der Waals surface area (Å²) >= 11 is 0. The van der Waals surface area contributed by atoms with Crippen LogP contribution >= 0.6 is 0 Å². The quantitative estimate of drug-likeness (QED) is 0.754. The molecule has 0 saturated heterocycles. The fourth-order valence-electron chi connectivity index (χ4n) is 1.59. The Labute approximate surface area is 80.4 Å². The first kappa shape index (κ1) is 10.3. The van der Waals surface area contributed by atoms with Gasteiger partial charge in [-0.1, -0.05) is 37.6 Å². The first-order valence-electron chi connectivity index (χ1n) is 4.89. The Balaban J connectivity index is 3.07. The maximum Gasteiger partial charge on any atom is 0.0497 e. The number of aliphatic hydroxyl groups is 1. The van der Waals surface area contributed by atoms with Gasteiger partial charge in [0.1, 0.15) is 0 Å². The number of hydrogen-bond acceptors (Lipinski definition) is 1. The summed E-state index contributed by atoms with van der Waals surface area (Å²) in [7, 11) is 0. The molecular weight excluding hydrogens is 160 g/mol. The summed E-state index contributed by atoms with van der Waals surface area (Å²) in [5, 5.41) is 9.10.